The number of anilines is 1. The van der Waals surface area contributed by atoms with E-state index >= 15 is 0 Å². The maximum Gasteiger partial charge on any atom is 0.416 e. The van der Waals surface area contributed by atoms with Gasteiger partial charge in [0.2, 0.25) is 0 Å². The minimum Gasteiger partial charge on any atom is -0.345 e. The first kappa shape index (κ1) is 20.1. The van der Waals surface area contributed by atoms with Crippen molar-refractivity contribution in [3.63, 3.8) is 0 Å². The zero-order valence-electron chi connectivity index (χ0n) is 13.6. The van der Waals surface area contributed by atoms with Crippen LogP contribution in [0.5, 0.6) is 0 Å². The molecule has 1 amide bonds. The van der Waals surface area contributed by atoms with Crippen LogP contribution in [0.15, 0.2) is 47.4 Å². The van der Waals surface area contributed by atoms with E-state index in [4.69, 9.17) is 11.6 Å². The van der Waals surface area contributed by atoms with Gasteiger partial charge in [-0.15, -0.1) is 0 Å². The van der Waals surface area contributed by atoms with Crippen LogP contribution in [0.25, 0.3) is 0 Å². The molecule has 0 bridgehead atoms. The summed E-state index contributed by atoms with van der Waals surface area (Å²) < 4.78 is 65.2. The fourth-order valence-electron chi connectivity index (χ4n) is 2.05. The lowest BCUT2D eigenvalue weighted by Gasteiger charge is -2.14. The van der Waals surface area contributed by atoms with Crippen LogP contribution in [0.4, 0.5) is 18.9 Å². The van der Waals surface area contributed by atoms with Crippen LogP contribution in [0.3, 0.4) is 0 Å². The number of nitrogens with zero attached hydrogens (tertiary/aromatic N) is 1. The molecular weight excluding hydrogens is 393 g/mol. The highest BCUT2D eigenvalue weighted by atomic mass is 35.5. The number of carbonyl (C=O) groups is 1. The average molecular weight is 407 g/mol. The van der Waals surface area contributed by atoms with Crippen LogP contribution in [0.2, 0.25) is 5.02 Å². The van der Waals surface area contributed by atoms with Crippen LogP contribution < -0.4 is 4.72 Å². The minimum atomic E-state index is -4.60. The summed E-state index contributed by atoms with van der Waals surface area (Å²) >= 11 is 5.93. The van der Waals surface area contributed by atoms with Gasteiger partial charge < -0.3 is 4.90 Å². The third-order valence-electron chi connectivity index (χ3n) is 3.33. The summed E-state index contributed by atoms with van der Waals surface area (Å²) in [5.41, 5.74) is -1.28. The van der Waals surface area contributed by atoms with Gasteiger partial charge in [-0.25, -0.2) is 8.42 Å². The summed E-state index contributed by atoms with van der Waals surface area (Å²) in [7, 11) is -1.27. The molecule has 2 aromatic carbocycles. The Morgan fingerprint density at radius 1 is 1.12 bits per heavy atom. The molecule has 10 heteroatoms. The first-order valence-electron chi connectivity index (χ1n) is 7.13. The van der Waals surface area contributed by atoms with Gasteiger partial charge in [-0.3, -0.25) is 9.52 Å². The van der Waals surface area contributed by atoms with Crippen LogP contribution in [0.1, 0.15) is 15.9 Å². The van der Waals surface area contributed by atoms with Crippen molar-refractivity contribution in [1.82, 2.24) is 4.90 Å². The molecule has 0 spiro atoms. The lowest BCUT2D eigenvalue weighted by molar-refractivity contribution is -0.137. The Hall–Kier alpha value is -2.26. The standard InChI is InChI=1S/C16H14ClF3N2O3S/c1-22(2)15(23)13-9-12(6-7-14(13)17)26(24,25)21-11-5-3-4-10(8-11)16(18,19)20/h3-9,21H,1-2H3. The molecule has 2 aromatic rings. The smallest absolute Gasteiger partial charge is 0.345 e. The van der Waals surface area contributed by atoms with Gasteiger partial charge >= 0.3 is 6.18 Å². The highest BCUT2D eigenvalue weighted by molar-refractivity contribution is 7.92. The maximum absolute atomic E-state index is 12.8. The molecule has 0 aromatic heterocycles. The van der Waals surface area contributed by atoms with E-state index in [9.17, 15) is 26.4 Å². The second-order valence-corrected chi connectivity index (χ2v) is 7.61. The number of halogens is 4. The predicted molar refractivity (Wildman–Crippen MR) is 91.7 cm³/mol. The molecule has 0 aliphatic rings. The Labute approximate surface area is 153 Å². The van der Waals surface area contributed by atoms with Gasteiger partial charge in [-0.2, -0.15) is 13.2 Å². The van der Waals surface area contributed by atoms with Gasteiger partial charge in [0.25, 0.3) is 15.9 Å². The molecule has 26 heavy (non-hydrogen) atoms. The monoisotopic (exact) mass is 406 g/mol. The Kier molecular flexibility index (Phi) is 5.52. The minimum absolute atomic E-state index is 0.0383. The second-order valence-electron chi connectivity index (χ2n) is 5.53. The van der Waals surface area contributed by atoms with E-state index in [1.165, 1.54) is 31.1 Å². The molecule has 0 unspecified atom stereocenters. The van der Waals surface area contributed by atoms with E-state index in [0.29, 0.717) is 6.07 Å². The molecule has 0 atom stereocenters. The second kappa shape index (κ2) is 7.16. The summed E-state index contributed by atoms with van der Waals surface area (Å²) in [6.07, 6.45) is -4.60. The number of nitrogens with one attached hydrogen (secondary N) is 1. The van der Waals surface area contributed by atoms with E-state index in [1.807, 2.05) is 0 Å². The Morgan fingerprint density at radius 3 is 2.35 bits per heavy atom. The first-order chi connectivity index (χ1) is 11.9. The predicted octanol–water partition coefficient (Wildman–Crippen LogP) is 3.86. The molecule has 0 heterocycles. The van der Waals surface area contributed by atoms with Gasteiger partial charge in [-0.1, -0.05) is 17.7 Å². The molecular formula is C16H14ClF3N2O3S. The van der Waals surface area contributed by atoms with Gasteiger partial charge in [0.05, 0.1) is 21.0 Å². The quantitative estimate of drug-likeness (QED) is 0.838. The fraction of sp³-hybridized carbons (Fsp3) is 0.188. The third kappa shape index (κ3) is 4.47. The number of amides is 1. The fourth-order valence-corrected chi connectivity index (χ4v) is 3.32. The van der Waals surface area contributed by atoms with E-state index in [1.54, 1.807) is 0 Å². The summed E-state index contributed by atoms with van der Waals surface area (Å²) in [4.78, 5) is 13.0. The number of hydrogen-bond acceptors (Lipinski definition) is 3. The van der Waals surface area contributed by atoms with Crippen molar-refractivity contribution in [2.24, 2.45) is 0 Å². The molecule has 0 aliphatic carbocycles. The summed E-state index contributed by atoms with van der Waals surface area (Å²) in [5, 5.41) is 0.0571. The molecule has 0 saturated carbocycles. The normalized spacial score (nSPS) is 11.9. The molecule has 0 saturated heterocycles. The number of carbonyl (C=O) groups excluding carboxylic acids is 1. The van der Waals surface area contributed by atoms with Gasteiger partial charge in [-0.05, 0) is 36.4 Å². The Bertz CT molecular complexity index is 944. The molecule has 5 nitrogen and oxygen atoms in total. The zero-order chi connectivity index (χ0) is 19.7. The lowest BCUT2D eigenvalue weighted by Crippen LogP contribution is -2.23. The highest BCUT2D eigenvalue weighted by Gasteiger charge is 2.30. The summed E-state index contributed by atoms with van der Waals surface area (Å²) in [6, 6.07) is 7.25. The van der Waals surface area contributed by atoms with Crippen LogP contribution in [-0.4, -0.2) is 33.3 Å². The number of sulfonamides is 1. The van der Waals surface area contributed by atoms with Gasteiger partial charge in [0.15, 0.2) is 0 Å². The zero-order valence-corrected chi connectivity index (χ0v) is 15.2. The maximum atomic E-state index is 12.8. The number of benzene rings is 2. The van der Waals surface area contributed by atoms with E-state index in [0.717, 1.165) is 24.3 Å². The van der Waals surface area contributed by atoms with Crippen molar-refractivity contribution in [2.45, 2.75) is 11.1 Å². The SMILES string of the molecule is CN(C)C(=O)c1cc(S(=O)(=O)Nc2cccc(C(F)(F)F)c2)ccc1Cl. The van der Waals surface area contributed by atoms with Crippen LogP contribution in [0, 0.1) is 0 Å². The molecule has 0 aliphatic heterocycles. The van der Waals surface area contributed by atoms with Crippen molar-refractivity contribution < 1.29 is 26.4 Å². The summed E-state index contributed by atoms with van der Waals surface area (Å²) in [6.45, 7) is 0. The number of hydrogen-bond donors (Lipinski definition) is 1. The summed E-state index contributed by atoms with van der Waals surface area (Å²) in [5.74, 6) is -0.508. The highest BCUT2D eigenvalue weighted by Crippen LogP contribution is 2.31. The molecule has 2 rings (SSSR count). The Balaban J connectivity index is 2.40. The molecule has 0 radical (unpaired) electrons. The topological polar surface area (TPSA) is 66.5 Å². The van der Waals surface area contributed by atoms with Crippen molar-refractivity contribution in [2.75, 3.05) is 18.8 Å². The van der Waals surface area contributed by atoms with Gasteiger partial charge in [0.1, 0.15) is 0 Å². The van der Waals surface area contributed by atoms with E-state index < -0.39 is 27.7 Å². The largest absolute Gasteiger partial charge is 0.416 e. The van der Waals surface area contributed by atoms with Crippen LogP contribution in [-0.2, 0) is 16.2 Å². The first-order valence-corrected chi connectivity index (χ1v) is 8.99. The number of rotatable bonds is 4. The van der Waals surface area contributed by atoms with E-state index in [2.05, 4.69) is 4.72 Å². The van der Waals surface area contributed by atoms with Crippen molar-refractivity contribution in [3.05, 3.63) is 58.6 Å². The van der Waals surface area contributed by atoms with E-state index in [-0.39, 0.29) is 21.2 Å². The Morgan fingerprint density at radius 2 is 1.77 bits per heavy atom. The van der Waals surface area contributed by atoms with Gasteiger partial charge in [0, 0.05) is 19.8 Å². The molecule has 140 valence electrons. The third-order valence-corrected chi connectivity index (χ3v) is 5.04. The van der Waals surface area contributed by atoms with Crippen molar-refractivity contribution in [3.8, 4) is 0 Å². The van der Waals surface area contributed by atoms with Crippen molar-refractivity contribution in [1.29, 1.82) is 0 Å². The molecule has 1 N–H and O–H groups in total. The average Bonchev–Trinajstić information content (AvgIpc) is 2.53. The lowest BCUT2D eigenvalue weighted by atomic mass is 10.2. The number of alkyl halides is 3. The van der Waals surface area contributed by atoms with Crippen molar-refractivity contribution >= 4 is 33.2 Å². The molecule has 0 fully saturated rings. The van der Waals surface area contributed by atoms with Crippen LogP contribution >= 0.6 is 11.6 Å².